The molecule has 0 saturated heterocycles. The van der Waals surface area contributed by atoms with Gasteiger partial charge in [-0.25, -0.2) is 0 Å². The molecule has 0 bridgehead atoms. The summed E-state index contributed by atoms with van der Waals surface area (Å²) < 4.78 is 3.06. The molecule has 62 valence electrons. The van der Waals surface area contributed by atoms with E-state index < -0.39 is 0 Å². The van der Waals surface area contributed by atoms with Crippen molar-refractivity contribution < 1.29 is 5.11 Å². The smallest absolute Gasteiger partial charge is 0.0683 e. The first-order valence-electron chi connectivity index (χ1n) is 3.66. The van der Waals surface area contributed by atoms with Gasteiger partial charge in [0.25, 0.3) is 0 Å². The van der Waals surface area contributed by atoms with Crippen LogP contribution in [0.1, 0.15) is 5.56 Å². The Morgan fingerprint density at radius 3 is 3.00 bits per heavy atom. The van der Waals surface area contributed by atoms with E-state index >= 15 is 0 Å². The molecule has 0 atom stereocenters. The molecule has 0 spiro atoms. The molecule has 3 heteroatoms. The number of fused-ring (bicyclic) bond motifs is 1. The van der Waals surface area contributed by atoms with Crippen molar-refractivity contribution in [3.63, 3.8) is 0 Å². The first kappa shape index (κ1) is 7.83. The van der Waals surface area contributed by atoms with Gasteiger partial charge in [-0.15, -0.1) is 0 Å². The minimum Gasteiger partial charge on any atom is -0.392 e. The van der Waals surface area contributed by atoms with Crippen molar-refractivity contribution in [1.29, 1.82) is 0 Å². The summed E-state index contributed by atoms with van der Waals surface area (Å²) in [7, 11) is 0. The highest BCUT2D eigenvalue weighted by atomic mass is 79.9. The molecule has 0 fully saturated rings. The van der Waals surface area contributed by atoms with Gasteiger partial charge in [0.05, 0.1) is 6.61 Å². The Bertz CT molecular complexity index is 408. The Labute approximate surface area is 78.6 Å². The molecular formula is C9H8BrNO. The SMILES string of the molecule is OCc1ccn2cc(Br)cc2c1. The standard InChI is InChI=1S/C9H8BrNO/c10-8-4-9-3-7(6-12)1-2-11(9)5-8/h1-5,12H,6H2. The van der Waals surface area contributed by atoms with E-state index in [0.29, 0.717) is 0 Å². The van der Waals surface area contributed by atoms with Gasteiger partial charge in [0.2, 0.25) is 0 Å². The Hall–Kier alpha value is -0.800. The monoisotopic (exact) mass is 225 g/mol. The quantitative estimate of drug-likeness (QED) is 0.791. The van der Waals surface area contributed by atoms with E-state index in [0.717, 1.165) is 15.6 Å². The van der Waals surface area contributed by atoms with Crippen LogP contribution in [-0.4, -0.2) is 9.51 Å². The van der Waals surface area contributed by atoms with Crippen molar-refractivity contribution in [2.24, 2.45) is 0 Å². The maximum atomic E-state index is 8.88. The van der Waals surface area contributed by atoms with Gasteiger partial charge in [0, 0.05) is 22.4 Å². The van der Waals surface area contributed by atoms with Crippen LogP contribution in [0.15, 0.2) is 35.1 Å². The van der Waals surface area contributed by atoms with E-state index in [9.17, 15) is 0 Å². The molecule has 2 aromatic heterocycles. The summed E-state index contributed by atoms with van der Waals surface area (Å²) in [4.78, 5) is 0. The Balaban J connectivity index is 2.66. The molecule has 0 amide bonds. The van der Waals surface area contributed by atoms with Crippen LogP contribution >= 0.6 is 15.9 Å². The van der Waals surface area contributed by atoms with E-state index in [2.05, 4.69) is 15.9 Å². The number of aliphatic hydroxyl groups excluding tert-OH is 1. The minimum absolute atomic E-state index is 0.0965. The molecule has 0 aliphatic carbocycles. The molecule has 0 aliphatic heterocycles. The van der Waals surface area contributed by atoms with Gasteiger partial charge in [-0.2, -0.15) is 0 Å². The number of pyridine rings is 1. The Morgan fingerprint density at radius 1 is 1.42 bits per heavy atom. The number of aliphatic hydroxyl groups is 1. The van der Waals surface area contributed by atoms with E-state index in [4.69, 9.17) is 5.11 Å². The first-order chi connectivity index (χ1) is 5.79. The summed E-state index contributed by atoms with van der Waals surface area (Å²) >= 11 is 3.39. The summed E-state index contributed by atoms with van der Waals surface area (Å²) in [5.41, 5.74) is 2.03. The third kappa shape index (κ3) is 1.26. The zero-order valence-electron chi connectivity index (χ0n) is 6.37. The fourth-order valence-electron chi connectivity index (χ4n) is 1.22. The normalized spacial score (nSPS) is 10.8. The number of nitrogens with zero attached hydrogens (tertiary/aromatic N) is 1. The van der Waals surface area contributed by atoms with Gasteiger partial charge in [-0.05, 0) is 39.7 Å². The lowest BCUT2D eigenvalue weighted by molar-refractivity contribution is 0.282. The number of hydrogen-bond donors (Lipinski definition) is 1. The van der Waals surface area contributed by atoms with Crippen LogP contribution < -0.4 is 0 Å². The maximum absolute atomic E-state index is 8.88. The minimum atomic E-state index is 0.0965. The largest absolute Gasteiger partial charge is 0.392 e. The van der Waals surface area contributed by atoms with Crippen molar-refractivity contribution in [2.75, 3.05) is 0 Å². The molecule has 2 heterocycles. The highest BCUT2D eigenvalue weighted by Gasteiger charge is 1.96. The summed E-state index contributed by atoms with van der Waals surface area (Å²) in [6, 6.07) is 5.88. The summed E-state index contributed by atoms with van der Waals surface area (Å²) in [6.07, 6.45) is 3.92. The lowest BCUT2D eigenvalue weighted by Gasteiger charge is -1.96. The third-order valence-electron chi connectivity index (χ3n) is 1.81. The van der Waals surface area contributed by atoms with Gasteiger partial charge in [0.15, 0.2) is 0 Å². The fraction of sp³-hybridized carbons (Fsp3) is 0.111. The highest BCUT2D eigenvalue weighted by molar-refractivity contribution is 9.10. The zero-order valence-corrected chi connectivity index (χ0v) is 7.95. The summed E-state index contributed by atoms with van der Waals surface area (Å²) in [6.45, 7) is 0.0965. The van der Waals surface area contributed by atoms with E-state index in [1.165, 1.54) is 0 Å². The lowest BCUT2D eigenvalue weighted by atomic mass is 10.2. The summed E-state index contributed by atoms with van der Waals surface area (Å²) in [5, 5.41) is 8.88. The van der Waals surface area contributed by atoms with Crippen LogP contribution in [0.25, 0.3) is 5.52 Å². The average Bonchev–Trinajstić information content (AvgIpc) is 2.43. The molecule has 2 nitrogen and oxygen atoms in total. The second kappa shape index (κ2) is 2.92. The number of halogens is 1. The van der Waals surface area contributed by atoms with Gasteiger partial charge >= 0.3 is 0 Å². The van der Waals surface area contributed by atoms with Gasteiger partial charge in [0.1, 0.15) is 0 Å². The number of rotatable bonds is 1. The molecule has 2 aromatic rings. The van der Waals surface area contributed by atoms with Gasteiger partial charge in [-0.1, -0.05) is 0 Å². The molecule has 0 unspecified atom stereocenters. The number of aromatic nitrogens is 1. The van der Waals surface area contributed by atoms with Crippen LogP contribution in [0.3, 0.4) is 0 Å². The predicted octanol–water partition coefficient (Wildman–Crippen LogP) is 2.19. The molecule has 0 radical (unpaired) electrons. The van der Waals surface area contributed by atoms with E-state index in [1.54, 1.807) is 0 Å². The third-order valence-corrected chi connectivity index (χ3v) is 2.25. The lowest BCUT2D eigenvalue weighted by Crippen LogP contribution is -1.85. The van der Waals surface area contributed by atoms with Crippen LogP contribution in [0.5, 0.6) is 0 Å². The predicted molar refractivity (Wildman–Crippen MR) is 51.0 cm³/mol. The molecule has 2 rings (SSSR count). The topological polar surface area (TPSA) is 24.6 Å². The highest BCUT2D eigenvalue weighted by Crippen LogP contribution is 2.16. The molecule has 0 aromatic carbocycles. The van der Waals surface area contributed by atoms with Crippen molar-refractivity contribution in [1.82, 2.24) is 4.40 Å². The molecule has 0 saturated carbocycles. The molecule has 1 N–H and O–H groups in total. The van der Waals surface area contributed by atoms with Crippen molar-refractivity contribution in [3.8, 4) is 0 Å². The molecular weight excluding hydrogens is 218 g/mol. The molecule has 0 aliphatic rings. The van der Waals surface area contributed by atoms with Gasteiger partial charge < -0.3 is 9.51 Å². The summed E-state index contributed by atoms with van der Waals surface area (Å²) in [5.74, 6) is 0. The maximum Gasteiger partial charge on any atom is 0.0683 e. The van der Waals surface area contributed by atoms with Crippen molar-refractivity contribution >= 4 is 21.4 Å². The van der Waals surface area contributed by atoms with Crippen molar-refractivity contribution in [2.45, 2.75) is 6.61 Å². The van der Waals surface area contributed by atoms with E-state index in [1.807, 2.05) is 35.0 Å². The first-order valence-corrected chi connectivity index (χ1v) is 4.46. The Kier molecular flexibility index (Phi) is 1.90. The van der Waals surface area contributed by atoms with Gasteiger partial charge in [-0.3, -0.25) is 0 Å². The number of hydrogen-bond acceptors (Lipinski definition) is 1. The zero-order chi connectivity index (χ0) is 8.55. The van der Waals surface area contributed by atoms with Crippen molar-refractivity contribution in [3.05, 3.63) is 40.6 Å². The van der Waals surface area contributed by atoms with Crippen LogP contribution in [-0.2, 0) is 6.61 Å². The van der Waals surface area contributed by atoms with Crippen LogP contribution in [0.2, 0.25) is 0 Å². The Morgan fingerprint density at radius 2 is 2.25 bits per heavy atom. The second-order valence-corrected chi connectivity index (χ2v) is 3.60. The van der Waals surface area contributed by atoms with Crippen LogP contribution in [0.4, 0.5) is 0 Å². The van der Waals surface area contributed by atoms with E-state index in [-0.39, 0.29) is 6.61 Å². The van der Waals surface area contributed by atoms with Crippen LogP contribution in [0, 0.1) is 0 Å². The second-order valence-electron chi connectivity index (χ2n) is 2.68. The average molecular weight is 226 g/mol. The molecule has 12 heavy (non-hydrogen) atoms. The fourth-order valence-corrected chi connectivity index (χ4v) is 1.67.